The number of halogens is 1. The Morgan fingerprint density at radius 3 is 2.38 bits per heavy atom. The average Bonchev–Trinajstić information content (AvgIpc) is 2.91. The van der Waals surface area contributed by atoms with E-state index in [1.807, 2.05) is 32.0 Å². The second-order valence-electron chi connectivity index (χ2n) is 6.14. The number of carbonyl (C=O) groups excluding carboxylic acids is 2. The van der Waals surface area contributed by atoms with Crippen molar-refractivity contribution in [1.82, 2.24) is 0 Å². The molecule has 0 radical (unpaired) electrons. The Morgan fingerprint density at radius 1 is 1.12 bits per heavy atom. The van der Waals surface area contributed by atoms with E-state index < -0.39 is 0 Å². The predicted octanol–water partition coefficient (Wildman–Crippen LogP) is 3.95. The lowest BCUT2D eigenvalue weighted by Crippen LogP contribution is -2.29. The molecule has 1 atom stereocenters. The highest BCUT2D eigenvalue weighted by molar-refractivity contribution is 6.30. The minimum Gasteiger partial charge on any atom is -0.326 e. The van der Waals surface area contributed by atoms with Gasteiger partial charge in [-0.25, -0.2) is 0 Å². The number of carbonyl (C=O) groups is 2. The van der Waals surface area contributed by atoms with Crippen LogP contribution >= 0.6 is 11.6 Å². The highest BCUT2D eigenvalue weighted by Gasteiger charge is 2.36. The van der Waals surface area contributed by atoms with E-state index in [1.165, 1.54) is 0 Å². The Bertz CT molecular complexity index is 766. The number of aryl methyl sites for hydroxylation is 2. The van der Waals surface area contributed by atoms with Crippen LogP contribution in [0, 0.1) is 19.8 Å². The topological polar surface area (TPSA) is 49.4 Å². The fourth-order valence-corrected chi connectivity index (χ4v) is 3.23. The van der Waals surface area contributed by atoms with Gasteiger partial charge in [0.05, 0.1) is 5.92 Å². The zero-order chi connectivity index (χ0) is 17.3. The van der Waals surface area contributed by atoms with Crippen LogP contribution in [0.3, 0.4) is 0 Å². The Labute approximate surface area is 146 Å². The summed E-state index contributed by atoms with van der Waals surface area (Å²) in [5.74, 6) is -0.504. The van der Waals surface area contributed by atoms with E-state index >= 15 is 0 Å². The van der Waals surface area contributed by atoms with Crippen LogP contribution in [0.15, 0.2) is 42.5 Å². The molecule has 1 N–H and O–H groups in total. The maximum atomic E-state index is 12.5. The molecule has 4 nitrogen and oxygen atoms in total. The predicted molar refractivity (Wildman–Crippen MR) is 96.5 cm³/mol. The molecule has 0 spiro atoms. The summed E-state index contributed by atoms with van der Waals surface area (Å²) in [6, 6.07) is 12.9. The molecule has 5 heteroatoms. The van der Waals surface area contributed by atoms with E-state index in [4.69, 9.17) is 11.6 Å². The fraction of sp³-hybridized carbons (Fsp3) is 0.263. The van der Waals surface area contributed by atoms with Crippen LogP contribution in [0.5, 0.6) is 0 Å². The van der Waals surface area contributed by atoms with Crippen LogP contribution in [0.1, 0.15) is 17.5 Å². The SMILES string of the molecule is Cc1cccc(C)c1N1C[C@H](C(=O)Nc2ccc(Cl)cc2)CC1=O. The molecule has 1 saturated heterocycles. The van der Waals surface area contributed by atoms with Crippen molar-refractivity contribution in [3.8, 4) is 0 Å². The second kappa shape index (κ2) is 6.65. The third kappa shape index (κ3) is 3.29. The van der Waals surface area contributed by atoms with Gasteiger partial charge < -0.3 is 10.2 Å². The highest BCUT2D eigenvalue weighted by atomic mass is 35.5. The van der Waals surface area contributed by atoms with Crippen molar-refractivity contribution in [3.05, 3.63) is 58.6 Å². The van der Waals surface area contributed by atoms with Gasteiger partial charge in [0, 0.05) is 29.4 Å². The summed E-state index contributed by atoms with van der Waals surface area (Å²) in [7, 11) is 0. The van der Waals surface area contributed by atoms with Gasteiger partial charge in [0.1, 0.15) is 0 Å². The lowest BCUT2D eigenvalue weighted by atomic mass is 10.1. The second-order valence-corrected chi connectivity index (χ2v) is 6.58. The van der Waals surface area contributed by atoms with Crippen LogP contribution < -0.4 is 10.2 Å². The lowest BCUT2D eigenvalue weighted by Gasteiger charge is -2.21. The molecule has 2 amide bonds. The van der Waals surface area contributed by atoms with Gasteiger partial charge in [0.15, 0.2) is 0 Å². The molecule has 0 bridgehead atoms. The summed E-state index contributed by atoms with van der Waals surface area (Å²) < 4.78 is 0. The van der Waals surface area contributed by atoms with Crippen molar-refractivity contribution in [1.29, 1.82) is 0 Å². The summed E-state index contributed by atoms with van der Waals surface area (Å²) in [5.41, 5.74) is 3.69. The van der Waals surface area contributed by atoms with E-state index in [9.17, 15) is 9.59 Å². The number of nitrogens with one attached hydrogen (secondary N) is 1. The van der Waals surface area contributed by atoms with Gasteiger partial charge in [-0.3, -0.25) is 9.59 Å². The van der Waals surface area contributed by atoms with Crippen LogP contribution in [0.4, 0.5) is 11.4 Å². The largest absolute Gasteiger partial charge is 0.326 e. The first kappa shape index (κ1) is 16.5. The van der Waals surface area contributed by atoms with Gasteiger partial charge in [-0.15, -0.1) is 0 Å². The number of rotatable bonds is 3. The number of nitrogens with zero attached hydrogens (tertiary/aromatic N) is 1. The van der Waals surface area contributed by atoms with Crippen LogP contribution in [0.25, 0.3) is 0 Å². The van der Waals surface area contributed by atoms with Gasteiger partial charge in [-0.05, 0) is 49.2 Å². The quantitative estimate of drug-likeness (QED) is 0.918. The van der Waals surface area contributed by atoms with Crippen molar-refractivity contribution < 1.29 is 9.59 Å². The Morgan fingerprint density at radius 2 is 1.75 bits per heavy atom. The molecular formula is C19H19ClN2O2. The molecule has 2 aromatic carbocycles. The molecule has 2 aromatic rings. The minimum atomic E-state index is -0.354. The van der Waals surface area contributed by atoms with Gasteiger partial charge in [-0.1, -0.05) is 29.8 Å². The molecule has 24 heavy (non-hydrogen) atoms. The van der Waals surface area contributed by atoms with Gasteiger partial charge >= 0.3 is 0 Å². The molecular weight excluding hydrogens is 324 g/mol. The maximum absolute atomic E-state index is 12.5. The normalized spacial score (nSPS) is 17.2. The fourth-order valence-electron chi connectivity index (χ4n) is 3.11. The number of hydrogen-bond acceptors (Lipinski definition) is 2. The molecule has 1 aliphatic rings. The molecule has 0 aromatic heterocycles. The molecule has 3 rings (SSSR count). The van der Waals surface area contributed by atoms with Gasteiger partial charge in [-0.2, -0.15) is 0 Å². The zero-order valence-electron chi connectivity index (χ0n) is 13.7. The zero-order valence-corrected chi connectivity index (χ0v) is 14.4. The minimum absolute atomic E-state index is 0.0105. The number of anilines is 2. The Kier molecular flexibility index (Phi) is 4.58. The molecule has 0 unspecified atom stereocenters. The first-order valence-corrected chi connectivity index (χ1v) is 8.26. The standard InChI is InChI=1S/C19H19ClN2O2/c1-12-4-3-5-13(2)18(12)22-11-14(10-17(22)23)19(24)21-16-8-6-15(20)7-9-16/h3-9,14H,10-11H2,1-2H3,(H,21,24)/t14-/m1/s1. The van der Waals surface area contributed by atoms with Crippen LogP contribution in [-0.4, -0.2) is 18.4 Å². The molecule has 1 heterocycles. The van der Waals surface area contributed by atoms with Crippen LogP contribution in [-0.2, 0) is 9.59 Å². The lowest BCUT2D eigenvalue weighted by molar-refractivity contribution is -0.122. The summed E-state index contributed by atoms with van der Waals surface area (Å²) in [6.45, 7) is 4.37. The third-order valence-corrected chi connectivity index (χ3v) is 4.57. The van der Waals surface area contributed by atoms with E-state index in [1.54, 1.807) is 29.2 Å². The summed E-state index contributed by atoms with van der Waals surface area (Å²) in [6.07, 6.45) is 0.229. The van der Waals surface area contributed by atoms with E-state index in [0.717, 1.165) is 16.8 Å². The van der Waals surface area contributed by atoms with E-state index in [2.05, 4.69) is 5.32 Å². The first-order chi connectivity index (χ1) is 11.5. The monoisotopic (exact) mass is 342 g/mol. The average molecular weight is 343 g/mol. The first-order valence-electron chi connectivity index (χ1n) is 7.88. The van der Waals surface area contributed by atoms with Crippen molar-refractivity contribution in [3.63, 3.8) is 0 Å². The van der Waals surface area contributed by atoms with Crippen molar-refractivity contribution in [2.24, 2.45) is 5.92 Å². The Hall–Kier alpha value is -2.33. The number of para-hydroxylation sites is 1. The molecule has 0 aliphatic carbocycles. The molecule has 0 saturated carbocycles. The van der Waals surface area contributed by atoms with E-state index in [0.29, 0.717) is 17.3 Å². The van der Waals surface area contributed by atoms with Gasteiger partial charge in [0.25, 0.3) is 0 Å². The number of amides is 2. The number of benzene rings is 2. The highest BCUT2D eigenvalue weighted by Crippen LogP contribution is 2.31. The van der Waals surface area contributed by atoms with Gasteiger partial charge in [0.2, 0.25) is 11.8 Å². The molecule has 1 aliphatic heterocycles. The van der Waals surface area contributed by atoms with Crippen LogP contribution in [0.2, 0.25) is 5.02 Å². The molecule has 124 valence electrons. The van der Waals surface area contributed by atoms with Crippen molar-refractivity contribution >= 4 is 34.8 Å². The smallest absolute Gasteiger partial charge is 0.229 e. The van der Waals surface area contributed by atoms with Crippen molar-refractivity contribution in [2.75, 3.05) is 16.8 Å². The van der Waals surface area contributed by atoms with Crippen molar-refractivity contribution in [2.45, 2.75) is 20.3 Å². The Balaban J connectivity index is 1.74. The summed E-state index contributed by atoms with van der Waals surface area (Å²) in [4.78, 5) is 26.6. The summed E-state index contributed by atoms with van der Waals surface area (Å²) in [5, 5.41) is 3.47. The maximum Gasteiger partial charge on any atom is 0.229 e. The number of hydrogen-bond donors (Lipinski definition) is 1. The third-order valence-electron chi connectivity index (χ3n) is 4.32. The van der Waals surface area contributed by atoms with E-state index in [-0.39, 0.29) is 24.2 Å². The summed E-state index contributed by atoms with van der Waals surface area (Å²) >= 11 is 5.85. The molecule has 1 fully saturated rings.